The average Bonchev–Trinajstić information content (AvgIpc) is 3.08. The maximum absolute atomic E-state index is 13.3. The van der Waals surface area contributed by atoms with E-state index in [1.165, 1.54) is 17.7 Å². The number of para-hydroxylation sites is 1. The van der Waals surface area contributed by atoms with E-state index in [9.17, 15) is 27.9 Å². The second-order valence-corrected chi connectivity index (χ2v) is 13.4. The highest BCUT2D eigenvalue weighted by molar-refractivity contribution is 7.90. The number of aryl methyl sites for hydroxylation is 2. The Bertz CT molecular complexity index is 1880. The topological polar surface area (TPSA) is 151 Å². The van der Waals surface area contributed by atoms with E-state index in [4.69, 9.17) is 9.47 Å². The number of aliphatic carboxylic acids is 1. The number of ether oxygens (including phenoxy) is 2. The zero-order valence-electron chi connectivity index (χ0n) is 27.1. The van der Waals surface area contributed by atoms with Crippen LogP contribution in [-0.2, 0) is 26.0 Å². The van der Waals surface area contributed by atoms with Gasteiger partial charge in [-0.05, 0) is 92.3 Å². The van der Waals surface area contributed by atoms with Gasteiger partial charge in [0.2, 0.25) is 0 Å². The van der Waals surface area contributed by atoms with E-state index < -0.39 is 33.9 Å². The van der Waals surface area contributed by atoms with Crippen LogP contribution >= 0.6 is 0 Å². The van der Waals surface area contributed by atoms with Gasteiger partial charge in [0, 0.05) is 18.5 Å². The lowest BCUT2D eigenvalue weighted by Gasteiger charge is -2.36. The summed E-state index contributed by atoms with van der Waals surface area (Å²) in [5, 5.41) is 12.0. The molecule has 1 aliphatic heterocycles. The molecule has 0 spiro atoms. The summed E-state index contributed by atoms with van der Waals surface area (Å²) in [4.78, 5) is 39.5. The van der Waals surface area contributed by atoms with E-state index >= 15 is 0 Å². The summed E-state index contributed by atoms with van der Waals surface area (Å²) in [7, 11) is -4.20. The van der Waals surface area contributed by atoms with E-state index in [2.05, 4.69) is 22.2 Å². The number of carboxylic acids is 1. The number of carbonyl (C=O) groups is 3. The molecule has 11 nitrogen and oxygen atoms in total. The number of benzene rings is 4. The lowest BCUT2D eigenvalue weighted by Crippen LogP contribution is -2.50. The first-order valence-electron chi connectivity index (χ1n) is 16.1. The number of hydrogen-bond acceptors (Lipinski definition) is 8. The fraction of sp³-hybridized carbons (Fsp3) is 0.270. The van der Waals surface area contributed by atoms with Crippen molar-refractivity contribution >= 4 is 39.2 Å². The molecule has 0 saturated heterocycles. The summed E-state index contributed by atoms with van der Waals surface area (Å²) in [6.07, 6.45) is 1.75. The Morgan fingerprint density at radius 1 is 0.918 bits per heavy atom. The van der Waals surface area contributed by atoms with Crippen LogP contribution in [0.4, 0.5) is 11.4 Å². The third-order valence-corrected chi connectivity index (χ3v) is 9.31. The van der Waals surface area contributed by atoms with Crippen molar-refractivity contribution in [1.29, 1.82) is 0 Å². The van der Waals surface area contributed by atoms with Gasteiger partial charge in [-0.1, -0.05) is 48.5 Å². The van der Waals surface area contributed by atoms with Gasteiger partial charge in [0.05, 0.1) is 29.4 Å². The van der Waals surface area contributed by atoms with Crippen molar-refractivity contribution < 1.29 is 37.4 Å². The van der Waals surface area contributed by atoms with Crippen molar-refractivity contribution in [3.8, 4) is 11.5 Å². The minimum Gasteiger partial charge on any atom is -0.494 e. The molecule has 0 aliphatic carbocycles. The smallest absolute Gasteiger partial charge is 0.303 e. The molecule has 2 amide bonds. The number of fused-ring (bicyclic) bond motifs is 1. The van der Waals surface area contributed by atoms with Crippen LogP contribution in [0, 0.1) is 6.92 Å². The molecule has 4 aromatic carbocycles. The number of amides is 2. The van der Waals surface area contributed by atoms with Crippen molar-refractivity contribution in [3.63, 3.8) is 0 Å². The number of hydrogen-bond donors (Lipinski definition) is 3. The second kappa shape index (κ2) is 16.2. The molecule has 4 aromatic rings. The van der Waals surface area contributed by atoms with Crippen LogP contribution in [0.15, 0.2) is 102 Å². The largest absolute Gasteiger partial charge is 0.494 e. The number of carbonyl (C=O) groups excluding carboxylic acids is 2. The summed E-state index contributed by atoms with van der Waals surface area (Å²) in [6, 6.07) is 28.2. The fourth-order valence-electron chi connectivity index (χ4n) is 5.45. The Hall–Kier alpha value is -5.36. The number of nitrogens with one attached hydrogen (secondary N) is 2. The highest BCUT2D eigenvalue weighted by Crippen LogP contribution is 2.40. The Morgan fingerprint density at radius 2 is 1.67 bits per heavy atom. The van der Waals surface area contributed by atoms with Crippen molar-refractivity contribution in [1.82, 2.24) is 4.72 Å². The number of carboxylic acid groups (broad SMARTS) is 1. The van der Waals surface area contributed by atoms with Gasteiger partial charge in [-0.2, -0.15) is 0 Å². The van der Waals surface area contributed by atoms with Gasteiger partial charge in [-0.3, -0.25) is 14.4 Å². The number of rotatable bonds is 15. The van der Waals surface area contributed by atoms with E-state index in [1.54, 1.807) is 66.4 Å². The number of nitrogens with zero attached hydrogens (tertiary/aromatic N) is 1. The van der Waals surface area contributed by atoms with E-state index in [0.29, 0.717) is 29.2 Å². The summed E-state index contributed by atoms with van der Waals surface area (Å²) in [5.41, 5.74) is 3.16. The summed E-state index contributed by atoms with van der Waals surface area (Å²) in [5.74, 6) is -1.48. The van der Waals surface area contributed by atoms with Gasteiger partial charge >= 0.3 is 5.97 Å². The highest BCUT2D eigenvalue weighted by atomic mass is 32.2. The van der Waals surface area contributed by atoms with Crippen molar-refractivity contribution in [2.24, 2.45) is 0 Å². The first-order valence-corrected chi connectivity index (χ1v) is 17.6. The molecule has 1 atom stereocenters. The van der Waals surface area contributed by atoms with Gasteiger partial charge < -0.3 is 24.8 Å². The average molecular weight is 686 g/mol. The van der Waals surface area contributed by atoms with Crippen LogP contribution in [0.5, 0.6) is 11.5 Å². The third kappa shape index (κ3) is 9.60. The number of sulfonamides is 1. The van der Waals surface area contributed by atoms with Gasteiger partial charge in [-0.25, -0.2) is 13.1 Å². The minimum absolute atomic E-state index is 0.0348. The van der Waals surface area contributed by atoms with Crippen molar-refractivity contribution in [3.05, 3.63) is 114 Å². The quantitative estimate of drug-likeness (QED) is 0.136. The summed E-state index contributed by atoms with van der Waals surface area (Å²) < 4.78 is 40.1. The predicted octanol–water partition coefficient (Wildman–Crippen LogP) is 5.59. The maximum Gasteiger partial charge on any atom is 0.303 e. The maximum atomic E-state index is 13.3. The van der Waals surface area contributed by atoms with E-state index in [-0.39, 0.29) is 42.3 Å². The number of unbranched alkanes of at least 4 members (excludes halogenated alkanes) is 1. The molecule has 1 heterocycles. The fourth-order valence-corrected chi connectivity index (χ4v) is 6.56. The molecule has 49 heavy (non-hydrogen) atoms. The zero-order valence-corrected chi connectivity index (χ0v) is 27.9. The zero-order chi connectivity index (χ0) is 34.8. The molecule has 5 rings (SSSR count). The van der Waals surface area contributed by atoms with Crippen molar-refractivity contribution in [2.45, 2.75) is 50.0 Å². The molecular weight excluding hydrogens is 646 g/mol. The van der Waals surface area contributed by atoms with Gasteiger partial charge in [0.1, 0.15) is 5.75 Å². The van der Waals surface area contributed by atoms with Crippen molar-refractivity contribution in [2.75, 3.05) is 29.9 Å². The normalized spacial score (nSPS) is 13.9. The van der Waals surface area contributed by atoms with Gasteiger partial charge in [-0.15, -0.1) is 0 Å². The SMILES string of the molecule is Cc1cccc(S(=O)(=O)NC(=O)C2CN(CCCC(=O)O)c3cccc(NC(=O)c4ccc(OCCCCc5ccccc5)cc4)c3O2)c1. The van der Waals surface area contributed by atoms with Crippen LogP contribution < -0.4 is 24.4 Å². The molecule has 0 bridgehead atoms. The number of anilines is 2. The highest BCUT2D eigenvalue weighted by Gasteiger charge is 2.35. The van der Waals surface area contributed by atoms with Gasteiger partial charge in [0.25, 0.3) is 21.8 Å². The summed E-state index contributed by atoms with van der Waals surface area (Å²) >= 11 is 0. The molecule has 0 aromatic heterocycles. The molecule has 0 fully saturated rings. The van der Waals surface area contributed by atoms with Crippen LogP contribution in [0.2, 0.25) is 0 Å². The first kappa shape index (κ1) is 35.0. The molecule has 0 radical (unpaired) electrons. The molecule has 256 valence electrons. The Morgan fingerprint density at radius 3 is 2.41 bits per heavy atom. The predicted molar refractivity (Wildman–Crippen MR) is 186 cm³/mol. The minimum atomic E-state index is -4.20. The Kier molecular flexibility index (Phi) is 11.5. The van der Waals surface area contributed by atoms with Crippen LogP contribution in [0.25, 0.3) is 0 Å². The van der Waals surface area contributed by atoms with Gasteiger partial charge in [0.15, 0.2) is 11.9 Å². The third-order valence-electron chi connectivity index (χ3n) is 7.96. The summed E-state index contributed by atoms with van der Waals surface area (Å²) in [6.45, 7) is 2.51. The molecular formula is C37H39N3O8S. The first-order chi connectivity index (χ1) is 23.6. The molecule has 3 N–H and O–H groups in total. The Balaban J connectivity index is 1.26. The van der Waals surface area contributed by atoms with E-state index in [1.807, 2.05) is 18.2 Å². The lowest BCUT2D eigenvalue weighted by atomic mass is 10.1. The molecule has 1 unspecified atom stereocenters. The molecule has 0 saturated carbocycles. The van der Waals surface area contributed by atoms with Crippen LogP contribution in [0.3, 0.4) is 0 Å². The Labute approximate surface area is 285 Å². The van der Waals surface area contributed by atoms with Crippen LogP contribution in [0.1, 0.15) is 47.2 Å². The van der Waals surface area contributed by atoms with Crippen LogP contribution in [-0.4, -0.2) is 57.1 Å². The standard InChI is InChI=1S/C37H39N3O8S/c1-26-10-7-14-30(24-26)49(45,46)39-37(44)33-25-40(22-9-17-34(41)42)32-16-8-15-31(35(32)48-33)38-36(43)28-18-20-29(21-19-28)47-23-6-5-13-27-11-3-2-4-12-27/h2-4,7-8,10-12,14-16,18-21,24,33H,5-6,9,13,17,22-23,25H2,1H3,(H,38,43)(H,39,44)(H,41,42). The molecule has 1 aliphatic rings. The lowest BCUT2D eigenvalue weighted by molar-refractivity contribution is -0.137. The van der Waals surface area contributed by atoms with E-state index in [0.717, 1.165) is 19.3 Å². The molecule has 12 heteroatoms. The monoisotopic (exact) mass is 685 g/mol. The second-order valence-electron chi connectivity index (χ2n) is 11.8.